The minimum Gasteiger partial charge on any atom is -0.444 e. The second kappa shape index (κ2) is 11.4. The third kappa shape index (κ3) is 6.01. The summed E-state index contributed by atoms with van der Waals surface area (Å²) in [5.41, 5.74) is 4.45. The number of likely N-dealkylation sites (tertiary alicyclic amines) is 1. The van der Waals surface area contributed by atoms with Crippen molar-refractivity contribution in [2.75, 3.05) is 37.6 Å². The van der Waals surface area contributed by atoms with Crippen LogP contribution >= 0.6 is 0 Å². The molecule has 0 radical (unpaired) electrons. The number of anilines is 1. The first-order valence-corrected chi connectivity index (χ1v) is 14.3. The number of rotatable bonds is 4. The molecule has 0 aliphatic carbocycles. The molecule has 1 unspecified atom stereocenters. The maximum atomic E-state index is 14.0. The molecule has 2 saturated heterocycles. The summed E-state index contributed by atoms with van der Waals surface area (Å²) >= 11 is 0. The van der Waals surface area contributed by atoms with Crippen molar-refractivity contribution in [3.63, 3.8) is 0 Å². The normalized spacial score (nSPS) is 18.6. The van der Waals surface area contributed by atoms with Gasteiger partial charge in [0, 0.05) is 50.4 Å². The predicted molar refractivity (Wildman–Crippen MR) is 157 cm³/mol. The number of hydrogen-bond donors (Lipinski definition) is 0. The van der Waals surface area contributed by atoms with E-state index in [1.165, 1.54) is 11.3 Å². The van der Waals surface area contributed by atoms with Crippen LogP contribution in [0.1, 0.15) is 68.1 Å². The van der Waals surface area contributed by atoms with Crippen LogP contribution in [0.25, 0.3) is 5.69 Å². The molecule has 1 atom stereocenters. The number of benzene rings is 2. The van der Waals surface area contributed by atoms with Crippen molar-refractivity contribution >= 4 is 17.7 Å². The molecule has 3 aromatic rings. The van der Waals surface area contributed by atoms with Gasteiger partial charge in [-0.25, -0.2) is 9.48 Å². The van der Waals surface area contributed by atoms with Crippen LogP contribution < -0.4 is 4.90 Å². The predicted octanol–water partition coefficient (Wildman–Crippen LogP) is 5.65. The molecule has 40 heavy (non-hydrogen) atoms. The van der Waals surface area contributed by atoms with Crippen LogP contribution in [0.4, 0.5) is 10.5 Å². The van der Waals surface area contributed by atoms with Gasteiger partial charge in [-0.15, -0.1) is 0 Å². The van der Waals surface area contributed by atoms with E-state index in [1.807, 2.05) is 60.7 Å². The summed E-state index contributed by atoms with van der Waals surface area (Å²) in [5, 5.41) is 4.72. The molecule has 2 aromatic carbocycles. The highest BCUT2D eigenvalue weighted by atomic mass is 16.6. The number of carbonyl (C=O) groups is 2. The molecule has 212 valence electrons. The molecule has 2 amide bonds. The van der Waals surface area contributed by atoms with E-state index in [1.54, 1.807) is 11.1 Å². The highest BCUT2D eigenvalue weighted by molar-refractivity contribution is 5.95. The lowest BCUT2D eigenvalue weighted by Crippen LogP contribution is -2.54. The lowest BCUT2D eigenvalue weighted by atomic mass is 9.90. The molecule has 8 heteroatoms. The van der Waals surface area contributed by atoms with Crippen molar-refractivity contribution in [3.05, 3.63) is 77.6 Å². The maximum Gasteiger partial charge on any atom is 0.410 e. The molecular formula is C32H41N5O3. The standard InChI is InChI=1S/C32H41N5O3/c1-23-10-9-13-27(20-23)36-19-18-35(22-24(36)2)30(38)28-21-33-37(26-11-7-6-8-12-26)29(28)25-14-16-34(17-15-25)31(39)40-32(3,4)5/h6-13,20-21,24-25H,14-19,22H2,1-5H3. The number of hydrogen-bond acceptors (Lipinski definition) is 5. The van der Waals surface area contributed by atoms with E-state index in [0.29, 0.717) is 31.7 Å². The van der Waals surface area contributed by atoms with Gasteiger partial charge in [-0.1, -0.05) is 30.3 Å². The first-order chi connectivity index (χ1) is 19.1. The Morgan fingerprint density at radius 2 is 1.60 bits per heavy atom. The van der Waals surface area contributed by atoms with E-state index < -0.39 is 5.60 Å². The summed E-state index contributed by atoms with van der Waals surface area (Å²) in [4.78, 5) is 32.9. The van der Waals surface area contributed by atoms with Crippen LogP contribution in [-0.4, -0.2) is 75.9 Å². The summed E-state index contributed by atoms with van der Waals surface area (Å²) in [6.07, 6.45) is 2.95. The van der Waals surface area contributed by atoms with Crippen LogP contribution in [0.3, 0.4) is 0 Å². The number of ether oxygens (including phenoxy) is 1. The lowest BCUT2D eigenvalue weighted by Gasteiger charge is -2.41. The maximum absolute atomic E-state index is 14.0. The molecule has 8 nitrogen and oxygen atoms in total. The molecule has 2 aliphatic heterocycles. The van der Waals surface area contributed by atoms with Crippen molar-refractivity contribution in [1.29, 1.82) is 0 Å². The highest BCUT2D eigenvalue weighted by Gasteiger charge is 2.35. The van der Waals surface area contributed by atoms with Crippen molar-refractivity contribution in [1.82, 2.24) is 19.6 Å². The van der Waals surface area contributed by atoms with Crippen molar-refractivity contribution in [3.8, 4) is 5.69 Å². The van der Waals surface area contributed by atoms with E-state index in [4.69, 9.17) is 9.84 Å². The van der Waals surface area contributed by atoms with Gasteiger partial charge in [0.15, 0.2) is 0 Å². The number of carbonyl (C=O) groups excluding carboxylic acids is 2. The molecule has 3 heterocycles. The number of piperazine rings is 1. The van der Waals surface area contributed by atoms with E-state index in [2.05, 4.69) is 43.0 Å². The summed E-state index contributed by atoms with van der Waals surface area (Å²) in [5.74, 6) is 0.133. The second-order valence-electron chi connectivity index (χ2n) is 12.1. The van der Waals surface area contributed by atoms with E-state index in [0.717, 1.165) is 30.8 Å². The van der Waals surface area contributed by atoms with Gasteiger partial charge >= 0.3 is 6.09 Å². The Labute approximate surface area is 237 Å². The quantitative estimate of drug-likeness (QED) is 0.426. The Bertz CT molecular complexity index is 1340. The summed E-state index contributed by atoms with van der Waals surface area (Å²) in [7, 11) is 0. The number of nitrogens with zero attached hydrogens (tertiary/aromatic N) is 5. The third-order valence-corrected chi connectivity index (χ3v) is 7.82. The molecule has 0 spiro atoms. The van der Waals surface area contributed by atoms with Crippen molar-refractivity contribution in [2.45, 2.75) is 65.0 Å². The van der Waals surface area contributed by atoms with Crippen molar-refractivity contribution in [2.24, 2.45) is 0 Å². The van der Waals surface area contributed by atoms with E-state index in [-0.39, 0.29) is 24.0 Å². The molecule has 0 N–H and O–H groups in total. The van der Waals surface area contributed by atoms with Gasteiger partial charge in [0.25, 0.3) is 5.91 Å². The highest BCUT2D eigenvalue weighted by Crippen LogP contribution is 2.34. The van der Waals surface area contributed by atoms with E-state index in [9.17, 15) is 9.59 Å². The topological polar surface area (TPSA) is 70.9 Å². The van der Waals surface area contributed by atoms with Crippen LogP contribution in [0.5, 0.6) is 0 Å². The van der Waals surface area contributed by atoms with Gasteiger partial charge in [0.05, 0.1) is 23.1 Å². The zero-order valence-electron chi connectivity index (χ0n) is 24.3. The summed E-state index contributed by atoms with van der Waals surface area (Å²) in [6, 6.07) is 18.7. The minimum atomic E-state index is -0.528. The monoisotopic (exact) mass is 543 g/mol. The first-order valence-electron chi connectivity index (χ1n) is 14.3. The Hall–Kier alpha value is -3.81. The number of piperidine rings is 1. The number of aromatic nitrogens is 2. The average Bonchev–Trinajstić information content (AvgIpc) is 3.37. The lowest BCUT2D eigenvalue weighted by molar-refractivity contribution is 0.0203. The van der Waals surface area contributed by atoms with Gasteiger partial charge in [-0.3, -0.25) is 4.79 Å². The SMILES string of the molecule is Cc1cccc(N2CCN(C(=O)c3cnn(-c4ccccc4)c3C3CCN(C(=O)OC(C)(C)C)CC3)CC2C)c1. The molecule has 0 bridgehead atoms. The fourth-order valence-electron chi connectivity index (χ4n) is 5.86. The molecule has 2 fully saturated rings. The Balaban J connectivity index is 1.36. The van der Waals surface area contributed by atoms with E-state index >= 15 is 0 Å². The van der Waals surface area contributed by atoms with Gasteiger partial charge in [0.2, 0.25) is 0 Å². The smallest absolute Gasteiger partial charge is 0.410 e. The summed E-state index contributed by atoms with van der Waals surface area (Å²) < 4.78 is 7.52. The number of amides is 2. The van der Waals surface area contributed by atoms with Crippen LogP contribution in [0.15, 0.2) is 60.8 Å². The van der Waals surface area contributed by atoms with Crippen LogP contribution in [-0.2, 0) is 4.74 Å². The van der Waals surface area contributed by atoms with Gasteiger partial charge in [-0.05, 0) is 77.3 Å². The molecular weight excluding hydrogens is 502 g/mol. The Morgan fingerprint density at radius 3 is 2.25 bits per heavy atom. The molecule has 2 aliphatic rings. The Morgan fingerprint density at radius 1 is 0.900 bits per heavy atom. The summed E-state index contributed by atoms with van der Waals surface area (Å²) in [6.45, 7) is 13.2. The minimum absolute atomic E-state index is 0.0301. The first kappa shape index (κ1) is 27.7. The van der Waals surface area contributed by atoms with Gasteiger partial charge in [0.1, 0.15) is 5.60 Å². The van der Waals surface area contributed by atoms with Crippen LogP contribution in [0.2, 0.25) is 0 Å². The zero-order valence-corrected chi connectivity index (χ0v) is 24.3. The fraction of sp³-hybridized carbons (Fsp3) is 0.469. The largest absolute Gasteiger partial charge is 0.444 e. The average molecular weight is 544 g/mol. The molecule has 0 saturated carbocycles. The second-order valence-corrected chi connectivity index (χ2v) is 12.1. The van der Waals surface area contributed by atoms with Gasteiger partial charge in [-0.2, -0.15) is 5.10 Å². The number of aryl methyl sites for hydroxylation is 1. The molecule has 5 rings (SSSR count). The zero-order chi connectivity index (χ0) is 28.4. The number of para-hydroxylation sites is 1. The van der Waals surface area contributed by atoms with Crippen LogP contribution in [0, 0.1) is 6.92 Å². The van der Waals surface area contributed by atoms with Crippen molar-refractivity contribution < 1.29 is 14.3 Å². The Kier molecular flexibility index (Phi) is 7.88. The van der Waals surface area contributed by atoms with Gasteiger partial charge < -0.3 is 19.4 Å². The third-order valence-electron chi connectivity index (χ3n) is 7.82. The fourth-order valence-corrected chi connectivity index (χ4v) is 5.86. The molecule has 1 aromatic heterocycles.